The van der Waals surface area contributed by atoms with E-state index in [1.54, 1.807) is 36.4 Å². The quantitative estimate of drug-likeness (QED) is 0.518. The molecular formula is C25H33N3O5. The molecule has 1 aliphatic rings. The second-order valence-electron chi connectivity index (χ2n) is 7.87. The monoisotopic (exact) mass is 455 g/mol. The Balaban J connectivity index is 1.72. The van der Waals surface area contributed by atoms with E-state index in [9.17, 15) is 9.59 Å². The molecule has 2 aromatic rings. The number of benzene rings is 1. The zero-order chi connectivity index (χ0) is 23.5. The van der Waals surface area contributed by atoms with E-state index in [-0.39, 0.29) is 18.4 Å². The van der Waals surface area contributed by atoms with Crippen LogP contribution in [0, 0.1) is 0 Å². The van der Waals surface area contributed by atoms with Crippen LogP contribution in [0.4, 0.5) is 0 Å². The van der Waals surface area contributed by atoms with Gasteiger partial charge in [-0.15, -0.1) is 0 Å². The first-order valence-corrected chi connectivity index (χ1v) is 11.5. The SMILES string of the molecule is CCOc1cc(C(=O)N(CCOC)Cc2ccccn2)ccc1OCC(=O)N1CCCCC1. The van der Waals surface area contributed by atoms with Crippen LogP contribution in [0.25, 0.3) is 0 Å². The molecule has 0 saturated carbocycles. The van der Waals surface area contributed by atoms with Crippen molar-refractivity contribution in [2.24, 2.45) is 0 Å². The maximum Gasteiger partial charge on any atom is 0.260 e. The third kappa shape index (κ3) is 7.18. The summed E-state index contributed by atoms with van der Waals surface area (Å²) in [6, 6.07) is 10.7. The molecule has 33 heavy (non-hydrogen) atoms. The standard InChI is InChI=1S/C25H33N3O5/c1-3-32-23-17-20(10-11-22(23)33-19-24(29)27-13-7-4-8-14-27)25(30)28(15-16-31-2)18-21-9-5-6-12-26-21/h5-6,9-12,17H,3-4,7-8,13-16,18-19H2,1-2H3. The van der Waals surface area contributed by atoms with E-state index >= 15 is 0 Å². The number of carbonyl (C=O) groups is 2. The van der Waals surface area contributed by atoms with Gasteiger partial charge in [-0.05, 0) is 56.5 Å². The molecule has 0 N–H and O–H groups in total. The predicted octanol–water partition coefficient (Wildman–Crippen LogP) is 3.16. The summed E-state index contributed by atoms with van der Waals surface area (Å²) in [5.74, 6) is 0.708. The van der Waals surface area contributed by atoms with E-state index in [0.29, 0.717) is 43.4 Å². The van der Waals surface area contributed by atoms with Crippen molar-refractivity contribution < 1.29 is 23.8 Å². The van der Waals surface area contributed by atoms with Crippen molar-refractivity contribution in [3.05, 3.63) is 53.9 Å². The van der Waals surface area contributed by atoms with Crippen molar-refractivity contribution in [3.8, 4) is 11.5 Å². The first-order chi connectivity index (χ1) is 16.1. The van der Waals surface area contributed by atoms with Crippen molar-refractivity contribution in [1.29, 1.82) is 0 Å². The molecule has 1 aromatic heterocycles. The summed E-state index contributed by atoms with van der Waals surface area (Å²) in [6.45, 7) is 5.00. The number of methoxy groups -OCH3 is 1. The molecule has 0 unspecified atom stereocenters. The van der Waals surface area contributed by atoms with E-state index in [0.717, 1.165) is 38.0 Å². The maximum absolute atomic E-state index is 13.3. The van der Waals surface area contributed by atoms with Gasteiger partial charge in [0, 0.05) is 38.5 Å². The Hall–Kier alpha value is -3.13. The number of aromatic nitrogens is 1. The van der Waals surface area contributed by atoms with Crippen molar-refractivity contribution >= 4 is 11.8 Å². The van der Waals surface area contributed by atoms with Crippen LogP contribution in [0.15, 0.2) is 42.6 Å². The summed E-state index contributed by atoms with van der Waals surface area (Å²) in [6.07, 6.45) is 4.94. The van der Waals surface area contributed by atoms with Gasteiger partial charge in [-0.25, -0.2) is 0 Å². The number of hydrogen-bond donors (Lipinski definition) is 0. The lowest BCUT2D eigenvalue weighted by molar-refractivity contribution is -0.134. The van der Waals surface area contributed by atoms with Gasteiger partial charge in [0.05, 0.1) is 25.5 Å². The van der Waals surface area contributed by atoms with Crippen molar-refractivity contribution in [1.82, 2.24) is 14.8 Å². The lowest BCUT2D eigenvalue weighted by Gasteiger charge is -2.26. The summed E-state index contributed by atoms with van der Waals surface area (Å²) < 4.78 is 16.7. The zero-order valence-corrected chi connectivity index (χ0v) is 19.5. The third-order valence-corrected chi connectivity index (χ3v) is 5.48. The van der Waals surface area contributed by atoms with Gasteiger partial charge >= 0.3 is 0 Å². The van der Waals surface area contributed by atoms with Gasteiger partial charge in [-0.2, -0.15) is 0 Å². The van der Waals surface area contributed by atoms with Gasteiger partial charge in [0.25, 0.3) is 11.8 Å². The summed E-state index contributed by atoms with van der Waals surface area (Å²) >= 11 is 0. The van der Waals surface area contributed by atoms with E-state index in [2.05, 4.69) is 4.98 Å². The fourth-order valence-electron chi connectivity index (χ4n) is 3.73. The lowest BCUT2D eigenvalue weighted by Crippen LogP contribution is -2.38. The zero-order valence-electron chi connectivity index (χ0n) is 19.5. The molecule has 1 aromatic carbocycles. The third-order valence-electron chi connectivity index (χ3n) is 5.48. The van der Waals surface area contributed by atoms with Crippen molar-refractivity contribution in [3.63, 3.8) is 0 Å². The lowest BCUT2D eigenvalue weighted by atomic mass is 10.1. The van der Waals surface area contributed by atoms with Gasteiger partial charge in [0.15, 0.2) is 18.1 Å². The average molecular weight is 456 g/mol. The van der Waals surface area contributed by atoms with Crippen LogP contribution in [0.2, 0.25) is 0 Å². The van der Waals surface area contributed by atoms with Crippen LogP contribution in [0.3, 0.4) is 0 Å². The number of ether oxygens (including phenoxy) is 3. The normalized spacial score (nSPS) is 13.5. The van der Waals surface area contributed by atoms with Crippen LogP contribution < -0.4 is 9.47 Å². The van der Waals surface area contributed by atoms with Gasteiger partial charge < -0.3 is 24.0 Å². The number of rotatable bonds is 11. The molecule has 1 aliphatic heterocycles. The minimum atomic E-state index is -0.158. The van der Waals surface area contributed by atoms with Gasteiger partial charge in [0.1, 0.15) is 0 Å². The minimum absolute atomic E-state index is 0.0293. The molecule has 0 bridgehead atoms. The molecule has 0 aliphatic carbocycles. The molecule has 3 rings (SSSR count). The largest absolute Gasteiger partial charge is 0.490 e. The van der Waals surface area contributed by atoms with Gasteiger partial charge in [-0.1, -0.05) is 6.07 Å². The van der Waals surface area contributed by atoms with E-state index in [1.165, 1.54) is 0 Å². The fourth-order valence-corrected chi connectivity index (χ4v) is 3.73. The first kappa shape index (κ1) is 24.5. The summed E-state index contributed by atoms with van der Waals surface area (Å²) in [7, 11) is 1.61. The number of nitrogens with zero attached hydrogens (tertiary/aromatic N) is 3. The summed E-state index contributed by atoms with van der Waals surface area (Å²) in [4.78, 5) is 33.6. The van der Waals surface area contributed by atoms with E-state index in [4.69, 9.17) is 14.2 Å². The highest BCUT2D eigenvalue weighted by atomic mass is 16.5. The Morgan fingerprint density at radius 3 is 2.58 bits per heavy atom. The molecule has 8 nitrogen and oxygen atoms in total. The second-order valence-corrected chi connectivity index (χ2v) is 7.87. The van der Waals surface area contributed by atoms with Gasteiger partial charge in [0.2, 0.25) is 0 Å². The highest BCUT2D eigenvalue weighted by molar-refractivity contribution is 5.95. The van der Waals surface area contributed by atoms with Crippen molar-refractivity contribution in [2.45, 2.75) is 32.7 Å². The maximum atomic E-state index is 13.3. The first-order valence-electron chi connectivity index (χ1n) is 11.5. The number of hydrogen-bond acceptors (Lipinski definition) is 6. The van der Waals surface area contributed by atoms with Crippen molar-refractivity contribution in [2.75, 3.05) is 46.6 Å². The Morgan fingerprint density at radius 1 is 1.06 bits per heavy atom. The van der Waals surface area contributed by atoms with Crippen LogP contribution in [-0.4, -0.2) is 73.2 Å². The topological polar surface area (TPSA) is 81.2 Å². The Labute approximate surface area is 195 Å². The number of amides is 2. The molecule has 2 heterocycles. The highest BCUT2D eigenvalue weighted by Crippen LogP contribution is 2.29. The van der Waals surface area contributed by atoms with Crippen LogP contribution >= 0.6 is 0 Å². The van der Waals surface area contributed by atoms with Crippen LogP contribution in [0.1, 0.15) is 42.2 Å². The Bertz CT molecular complexity index is 900. The molecule has 1 saturated heterocycles. The summed E-state index contributed by atoms with van der Waals surface area (Å²) in [5, 5.41) is 0. The van der Waals surface area contributed by atoms with Crippen LogP contribution in [0.5, 0.6) is 11.5 Å². The smallest absolute Gasteiger partial charge is 0.260 e. The molecule has 0 radical (unpaired) electrons. The molecule has 1 fully saturated rings. The molecular weight excluding hydrogens is 422 g/mol. The number of likely N-dealkylation sites (tertiary alicyclic amines) is 1. The molecule has 0 spiro atoms. The van der Waals surface area contributed by atoms with Crippen LogP contribution in [-0.2, 0) is 16.1 Å². The average Bonchev–Trinajstić information content (AvgIpc) is 2.86. The van der Waals surface area contributed by atoms with Gasteiger partial charge in [-0.3, -0.25) is 14.6 Å². The number of carbonyl (C=O) groups excluding carboxylic acids is 2. The second kappa shape index (κ2) is 12.8. The minimum Gasteiger partial charge on any atom is -0.490 e. The fraction of sp³-hybridized carbons (Fsp3) is 0.480. The molecule has 8 heteroatoms. The number of pyridine rings is 1. The number of piperidine rings is 1. The highest BCUT2D eigenvalue weighted by Gasteiger charge is 2.21. The summed E-state index contributed by atoms with van der Waals surface area (Å²) in [5.41, 5.74) is 1.27. The predicted molar refractivity (Wildman–Crippen MR) is 124 cm³/mol. The molecule has 178 valence electrons. The molecule has 0 atom stereocenters. The Morgan fingerprint density at radius 2 is 1.88 bits per heavy atom. The van der Waals surface area contributed by atoms with E-state index < -0.39 is 0 Å². The van der Waals surface area contributed by atoms with E-state index in [1.807, 2.05) is 30.0 Å². The Kier molecular flexibility index (Phi) is 9.50. The molecule has 2 amide bonds.